The Bertz CT molecular complexity index is 902. The molecular weight excluding hydrogens is 370 g/mol. The zero-order chi connectivity index (χ0) is 21.6. The molecule has 0 unspecified atom stereocenters. The van der Waals surface area contributed by atoms with Gasteiger partial charge in [-0.05, 0) is 49.8 Å². The van der Waals surface area contributed by atoms with Gasteiger partial charge in [0.1, 0.15) is 11.5 Å². The number of ether oxygens (including phenoxy) is 4. The first-order chi connectivity index (χ1) is 13.9. The maximum absolute atomic E-state index is 13.0. The van der Waals surface area contributed by atoms with Crippen LogP contribution in [0.2, 0.25) is 0 Å². The molecule has 0 bridgehead atoms. The van der Waals surface area contributed by atoms with Crippen LogP contribution in [0, 0.1) is 0 Å². The largest absolute Gasteiger partial charge is 0.496 e. The molecule has 0 radical (unpaired) electrons. The Labute approximate surface area is 172 Å². The Kier molecular flexibility index (Phi) is 7.53. The molecule has 2 rings (SSSR count). The van der Waals surface area contributed by atoms with E-state index in [4.69, 9.17) is 18.9 Å². The number of hydrogen-bond acceptors (Lipinski definition) is 6. The van der Waals surface area contributed by atoms with Gasteiger partial charge in [-0.15, -0.1) is 0 Å². The van der Waals surface area contributed by atoms with E-state index in [1.165, 1.54) is 0 Å². The van der Waals surface area contributed by atoms with Gasteiger partial charge < -0.3 is 23.8 Å². The Balaban J connectivity index is 2.44. The number of ketones is 1. The van der Waals surface area contributed by atoms with E-state index in [0.29, 0.717) is 35.0 Å². The topological polar surface area (TPSA) is 57.2 Å². The number of carbonyl (C=O) groups is 1. The average molecular weight is 399 g/mol. The Hall–Kier alpha value is -3.15. The summed E-state index contributed by atoms with van der Waals surface area (Å²) in [7, 11) is 8.55. The minimum absolute atomic E-state index is 0.0759. The second-order valence-corrected chi connectivity index (χ2v) is 6.62. The Morgan fingerprint density at radius 2 is 1.55 bits per heavy atom. The van der Waals surface area contributed by atoms with Crippen molar-refractivity contribution >= 4 is 17.5 Å². The van der Waals surface area contributed by atoms with Gasteiger partial charge in [0.2, 0.25) is 0 Å². The van der Waals surface area contributed by atoms with Crippen LogP contribution in [-0.4, -0.2) is 47.8 Å². The van der Waals surface area contributed by atoms with Crippen molar-refractivity contribution in [1.82, 2.24) is 0 Å². The number of carbonyl (C=O) groups excluding carboxylic acids is 1. The first-order valence-electron chi connectivity index (χ1n) is 9.33. The smallest absolute Gasteiger partial charge is 0.188 e. The molecule has 0 amide bonds. The zero-order valence-corrected chi connectivity index (χ0v) is 18.2. The standard InChI is InChI=1S/C23H29NO5/c1-8-29-19-10-9-16(12-18(19)24(3)4)23(25)15(2)11-17-13-21(27-6)22(28-7)14-20(17)26-5/h9-14H,8H2,1-7H3. The van der Waals surface area contributed by atoms with Gasteiger partial charge in [-0.25, -0.2) is 0 Å². The highest BCUT2D eigenvalue weighted by molar-refractivity contribution is 6.11. The summed E-state index contributed by atoms with van der Waals surface area (Å²) in [5.41, 5.74) is 2.75. The minimum Gasteiger partial charge on any atom is -0.496 e. The lowest BCUT2D eigenvalue weighted by atomic mass is 10.0. The van der Waals surface area contributed by atoms with E-state index in [1.54, 1.807) is 52.5 Å². The lowest BCUT2D eigenvalue weighted by molar-refractivity contribution is 0.103. The number of benzene rings is 2. The average Bonchev–Trinajstić information content (AvgIpc) is 2.73. The molecule has 0 aliphatic carbocycles. The fourth-order valence-corrected chi connectivity index (χ4v) is 2.98. The van der Waals surface area contributed by atoms with Crippen molar-refractivity contribution in [2.24, 2.45) is 0 Å². The van der Waals surface area contributed by atoms with Gasteiger partial charge in [0.05, 0.1) is 33.6 Å². The number of hydrogen-bond donors (Lipinski definition) is 0. The summed E-state index contributed by atoms with van der Waals surface area (Å²) in [6, 6.07) is 8.98. The van der Waals surface area contributed by atoms with E-state index in [1.807, 2.05) is 38.1 Å². The van der Waals surface area contributed by atoms with Gasteiger partial charge in [0, 0.05) is 31.3 Å². The van der Waals surface area contributed by atoms with Crippen LogP contribution < -0.4 is 23.8 Å². The Morgan fingerprint density at radius 3 is 2.10 bits per heavy atom. The molecule has 0 saturated heterocycles. The van der Waals surface area contributed by atoms with Crippen molar-refractivity contribution in [2.45, 2.75) is 13.8 Å². The summed E-state index contributed by atoms with van der Waals surface area (Å²) < 4.78 is 21.8. The fourth-order valence-electron chi connectivity index (χ4n) is 2.98. The minimum atomic E-state index is -0.0759. The van der Waals surface area contributed by atoms with Crippen LogP contribution in [0.3, 0.4) is 0 Å². The summed E-state index contributed by atoms with van der Waals surface area (Å²) >= 11 is 0. The predicted octanol–water partition coefficient (Wildman–Crippen LogP) is 4.46. The molecule has 0 aromatic heterocycles. The summed E-state index contributed by atoms with van der Waals surface area (Å²) in [6.07, 6.45) is 1.79. The van der Waals surface area contributed by atoms with Gasteiger partial charge in [0.15, 0.2) is 17.3 Å². The van der Waals surface area contributed by atoms with Crippen LogP contribution in [0.1, 0.15) is 29.8 Å². The molecule has 29 heavy (non-hydrogen) atoms. The number of methoxy groups -OCH3 is 3. The van der Waals surface area contributed by atoms with Crippen molar-refractivity contribution in [3.05, 3.63) is 47.0 Å². The van der Waals surface area contributed by atoms with Crippen molar-refractivity contribution in [3.8, 4) is 23.0 Å². The maximum atomic E-state index is 13.0. The van der Waals surface area contributed by atoms with E-state index in [-0.39, 0.29) is 5.78 Å². The lowest BCUT2D eigenvalue weighted by Crippen LogP contribution is -2.12. The summed E-state index contributed by atoms with van der Waals surface area (Å²) in [5, 5.41) is 0. The quantitative estimate of drug-likeness (QED) is 0.458. The first-order valence-corrected chi connectivity index (χ1v) is 9.33. The summed E-state index contributed by atoms with van der Waals surface area (Å²) in [4.78, 5) is 15.0. The van der Waals surface area contributed by atoms with Crippen LogP contribution in [0.25, 0.3) is 6.08 Å². The molecule has 2 aromatic carbocycles. The Morgan fingerprint density at radius 1 is 0.931 bits per heavy atom. The number of nitrogens with zero attached hydrogens (tertiary/aromatic N) is 1. The SMILES string of the molecule is CCOc1ccc(C(=O)C(C)=Cc2cc(OC)c(OC)cc2OC)cc1N(C)C. The van der Waals surface area contributed by atoms with Crippen LogP contribution in [-0.2, 0) is 0 Å². The fraction of sp³-hybridized carbons (Fsp3) is 0.348. The molecule has 0 atom stereocenters. The second kappa shape index (κ2) is 9.87. The molecule has 0 spiro atoms. The molecule has 6 heteroatoms. The van der Waals surface area contributed by atoms with Gasteiger partial charge in [-0.1, -0.05) is 0 Å². The molecular formula is C23H29NO5. The molecule has 0 N–H and O–H groups in total. The van der Waals surface area contributed by atoms with Crippen LogP contribution >= 0.6 is 0 Å². The van der Waals surface area contributed by atoms with Crippen LogP contribution in [0.5, 0.6) is 23.0 Å². The van der Waals surface area contributed by atoms with E-state index in [9.17, 15) is 4.79 Å². The highest BCUT2D eigenvalue weighted by Crippen LogP contribution is 2.36. The molecule has 2 aromatic rings. The lowest BCUT2D eigenvalue weighted by Gasteiger charge is -2.18. The van der Waals surface area contributed by atoms with Crippen LogP contribution in [0.4, 0.5) is 5.69 Å². The van der Waals surface area contributed by atoms with Gasteiger partial charge >= 0.3 is 0 Å². The molecule has 0 fully saturated rings. The highest BCUT2D eigenvalue weighted by Gasteiger charge is 2.16. The zero-order valence-electron chi connectivity index (χ0n) is 18.2. The first kappa shape index (κ1) is 22.1. The van der Waals surface area contributed by atoms with Crippen molar-refractivity contribution in [1.29, 1.82) is 0 Å². The third kappa shape index (κ3) is 5.02. The van der Waals surface area contributed by atoms with E-state index < -0.39 is 0 Å². The number of rotatable bonds is 9. The van der Waals surface area contributed by atoms with Crippen LogP contribution in [0.15, 0.2) is 35.9 Å². The highest BCUT2D eigenvalue weighted by atomic mass is 16.5. The summed E-state index contributed by atoms with van der Waals surface area (Å²) in [5.74, 6) is 2.39. The molecule has 6 nitrogen and oxygen atoms in total. The molecule has 0 saturated carbocycles. The van der Waals surface area contributed by atoms with Gasteiger partial charge in [-0.2, -0.15) is 0 Å². The van der Waals surface area contributed by atoms with Crippen molar-refractivity contribution < 1.29 is 23.7 Å². The van der Waals surface area contributed by atoms with Gasteiger partial charge in [-0.3, -0.25) is 4.79 Å². The molecule has 0 heterocycles. The molecule has 0 aliphatic heterocycles. The second-order valence-electron chi connectivity index (χ2n) is 6.62. The van der Waals surface area contributed by atoms with Crippen molar-refractivity contribution in [3.63, 3.8) is 0 Å². The van der Waals surface area contributed by atoms with Crippen molar-refractivity contribution in [2.75, 3.05) is 46.9 Å². The van der Waals surface area contributed by atoms with E-state index in [0.717, 1.165) is 17.0 Å². The normalized spacial score (nSPS) is 11.1. The number of allylic oxidation sites excluding steroid dienone is 1. The number of anilines is 1. The monoisotopic (exact) mass is 399 g/mol. The predicted molar refractivity (Wildman–Crippen MR) is 116 cm³/mol. The molecule has 0 aliphatic rings. The third-order valence-electron chi connectivity index (χ3n) is 4.47. The summed E-state index contributed by atoms with van der Waals surface area (Å²) in [6.45, 7) is 4.28. The molecule has 156 valence electrons. The maximum Gasteiger partial charge on any atom is 0.188 e. The van der Waals surface area contributed by atoms with E-state index in [2.05, 4.69) is 0 Å². The third-order valence-corrected chi connectivity index (χ3v) is 4.47. The van der Waals surface area contributed by atoms with E-state index >= 15 is 0 Å². The van der Waals surface area contributed by atoms with Gasteiger partial charge in [0.25, 0.3) is 0 Å². The number of Topliss-reactive ketones (excluding diaryl/α,β-unsaturated/α-hetero) is 1.